The second-order valence-electron chi connectivity index (χ2n) is 4.68. The van der Waals surface area contributed by atoms with Crippen molar-refractivity contribution in [3.05, 3.63) is 44.9 Å². The van der Waals surface area contributed by atoms with E-state index in [4.69, 9.17) is 11.6 Å². The fourth-order valence-corrected chi connectivity index (χ4v) is 3.29. The maximum absolute atomic E-state index is 6.38. The minimum Gasteiger partial charge on any atom is -0.307 e. The first-order chi connectivity index (χ1) is 8.72. The first-order valence-electron chi connectivity index (χ1n) is 6.59. The molecule has 0 spiro atoms. The summed E-state index contributed by atoms with van der Waals surface area (Å²) < 4.78 is 1.03. The topological polar surface area (TPSA) is 12.0 Å². The van der Waals surface area contributed by atoms with E-state index >= 15 is 0 Å². The molecule has 0 saturated carbocycles. The molecule has 1 aliphatic carbocycles. The summed E-state index contributed by atoms with van der Waals surface area (Å²) in [5.41, 5.74) is 2.68. The van der Waals surface area contributed by atoms with E-state index in [0.717, 1.165) is 16.0 Å². The molecule has 1 atom stereocenters. The molecule has 1 aromatic rings. The Labute approximate surface area is 123 Å². The summed E-state index contributed by atoms with van der Waals surface area (Å²) in [7, 11) is 0. The van der Waals surface area contributed by atoms with E-state index in [-0.39, 0.29) is 6.04 Å². The molecule has 1 aromatic carbocycles. The molecule has 1 N–H and O–H groups in total. The number of rotatable bonds is 4. The number of hydrogen-bond donors (Lipinski definition) is 1. The summed E-state index contributed by atoms with van der Waals surface area (Å²) in [5.74, 6) is 0. The van der Waals surface area contributed by atoms with Crippen molar-refractivity contribution in [3.63, 3.8) is 0 Å². The maximum atomic E-state index is 6.38. The van der Waals surface area contributed by atoms with Crippen LogP contribution in [0.15, 0.2) is 34.3 Å². The summed E-state index contributed by atoms with van der Waals surface area (Å²) in [5, 5.41) is 4.40. The van der Waals surface area contributed by atoms with Gasteiger partial charge in [0.05, 0.1) is 6.04 Å². The molecule has 0 radical (unpaired) electrons. The highest BCUT2D eigenvalue weighted by atomic mass is 79.9. The molecule has 0 aliphatic heterocycles. The lowest BCUT2D eigenvalue weighted by Gasteiger charge is -2.25. The van der Waals surface area contributed by atoms with Gasteiger partial charge in [0.2, 0.25) is 0 Å². The zero-order valence-electron chi connectivity index (χ0n) is 10.7. The predicted octanol–water partition coefficient (Wildman–Crippen LogP) is 5.25. The Morgan fingerprint density at radius 2 is 2.22 bits per heavy atom. The zero-order valence-corrected chi connectivity index (χ0v) is 13.0. The Bertz CT molecular complexity index is 442. The van der Waals surface area contributed by atoms with Gasteiger partial charge in [-0.15, -0.1) is 0 Å². The van der Waals surface area contributed by atoms with E-state index < -0.39 is 0 Å². The molecule has 2 rings (SSSR count). The van der Waals surface area contributed by atoms with Crippen LogP contribution < -0.4 is 5.32 Å². The van der Waals surface area contributed by atoms with E-state index in [2.05, 4.69) is 46.4 Å². The van der Waals surface area contributed by atoms with Crippen molar-refractivity contribution in [1.82, 2.24) is 5.32 Å². The van der Waals surface area contributed by atoms with Crippen LogP contribution in [0.3, 0.4) is 0 Å². The van der Waals surface area contributed by atoms with Crippen LogP contribution in [-0.2, 0) is 0 Å². The van der Waals surface area contributed by atoms with Crippen molar-refractivity contribution in [2.24, 2.45) is 0 Å². The molecule has 1 nitrogen and oxygen atoms in total. The lowest BCUT2D eigenvalue weighted by molar-refractivity contribution is 0.564. The largest absolute Gasteiger partial charge is 0.307 e. The van der Waals surface area contributed by atoms with E-state index in [1.807, 2.05) is 6.07 Å². The van der Waals surface area contributed by atoms with Crippen molar-refractivity contribution in [2.75, 3.05) is 6.54 Å². The third-order valence-electron chi connectivity index (χ3n) is 3.38. The van der Waals surface area contributed by atoms with E-state index in [9.17, 15) is 0 Å². The van der Waals surface area contributed by atoms with Crippen LogP contribution >= 0.6 is 27.5 Å². The van der Waals surface area contributed by atoms with Gasteiger partial charge in [0.25, 0.3) is 0 Å². The SMILES string of the molecule is CCNC(C1=CCCCC1)c1ccc(Br)cc1Cl. The second kappa shape index (κ2) is 6.74. The Morgan fingerprint density at radius 1 is 1.39 bits per heavy atom. The van der Waals surface area contributed by atoms with Crippen molar-refractivity contribution < 1.29 is 0 Å². The summed E-state index contributed by atoms with van der Waals surface area (Å²) in [6, 6.07) is 6.44. The van der Waals surface area contributed by atoms with Gasteiger partial charge in [-0.05, 0) is 49.9 Å². The lowest BCUT2D eigenvalue weighted by atomic mass is 9.90. The number of benzene rings is 1. The summed E-state index contributed by atoms with van der Waals surface area (Å²) in [4.78, 5) is 0. The monoisotopic (exact) mass is 327 g/mol. The van der Waals surface area contributed by atoms with Gasteiger partial charge < -0.3 is 5.32 Å². The Balaban J connectivity index is 2.31. The van der Waals surface area contributed by atoms with Gasteiger partial charge in [0, 0.05) is 9.50 Å². The van der Waals surface area contributed by atoms with Crippen molar-refractivity contribution in [3.8, 4) is 0 Å². The maximum Gasteiger partial charge on any atom is 0.0550 e. The Kier molecular flexibility index (Phi) is 5.28. The van der Waals surface area contributed by atoms with Crippen molar-refractivity contribution >= 4 is 27.5 Å². The van der Waals surface area contributed by atoms with Crippen LogP contribution in [0, 0.1) is 0 Å². The zero-order chi connectivity index (χ0) is 13.0. The van der Waals surface area contributed by atoms with Gasteiger partial charge in [-0.1, -0.05) is 52.2 Å². The highest BCUT2D eigenvalue weighted by Crippen LogP contribution is 2.34. The van der Waals surface area contributed by atoms with Gasteiger partial charge in [-0.2, -0.15) is 0 Å². The fraction of sp³-hybridized carbons (Fsp3) is 0.467. The lowest BCUT2D eigenvalue weighted by Crippen LogP contribution is -2.24. The number of halogens is 2. The van der Waals surface area contributed by atoms with E-state index in [0.29, 0.717) is 0 Å². The molecule has 1 unspecified atom stereocenters. The van der Waals surface area contributed by atoms with Gasteiger partial charge in [-0.25, -0.2) is 0 Å². The first-order valence-corrected chi connectivity index (χ1v) is 7.76. The van der Waals surface area contributed by atoms with Gasteiger partial charge in [-0.3, -0.25) is 0 Å². The highest BCUT2D eigenvalue weighted by molar-refractivity contribution is 9.10. The smallest absolute Gasteiger partial charge is 0.0550 e. The molecule has 0 saturated heterocycles. The van der Waals surface area contributed by atoms with E-state index in [1.165, 1.54) is 36.8 Å². The molecule has 0 aromatic heterocycles. The third-order valence-corrected chi connectivity index (χ3v) is 4.20. The van der Waals surface area contributed by atoms with Gasteiger partial charge in [0.15, 0.2) is 0 Å². The molecular formula is C15H19BrClN. The minimum atomic E-state index is 0.274. The second-order valence-corrected chi connectivity index (χ2v) is 6.00. The summed E-state index contributed by atoms with van der Waals surface area (Å²) >= 11 is 9.84. The third kappa shape index (κ3) is 3.37. The fourth-order valence-electron chi connectivity index (χ4n) is 2.51. The molecule has 0 bridgehead atoms. The molecule has 0 amide bonds. The van der Waals surface area contributed by atoms with Crippen LogP contribution in [0.4, 0.5) is 0 Å². The first kappa shape index (κ1) is 14.1. The molecule has 1 aliphatic rings. The minimum absolute atomic E-state index is 0.274. The Morgan fingerprint density at radius 3 is 2.83 bits per heavy atom. The van der Waals surface area contributed by atoms with Gasteiger partial charge in [0.1, 0.15) is 0 Å². The average Bonchev–Trinajstić information content (AvgIpc) is 2.38. The number of nitrogens with one attached hydrogen (secondary N) is 1. The molecule has 0 heterocycles. The standard InChI is InChI=1S/C15H19BrClN/c1-2-18-15(11-6-4-3-5-7-11)13-9-8-12(16)10-14(13)17/h6,8-10,15,18H,2-5,7H2,1H3. The number of allylic oxidation sites excluding steroid dienone is 1. The molecule has 18 heavy (non-hydrogen) atoms. The van der Waals surface area contributed by atoms with Crippen LogP contribution in [-0.4, -0.2) is 6.54 Å². The number of hydrogen-bond acceptors (Lipinski definition) is 1. The van der Waals surface area contributed by atoms with Gasteiger partial charge >= 0.3 is 0 Å². The summed E-state index contributed by atoms with van der Waals surface area (Å²) in [6.45, 7) is 3.09. The molecule has 98 valence electrons. The Hall–Kier alpha value is -0.310. The normalized spacial score (nSPS) is 17.4. The van der Waals surface area contributed by atoms with Crippen LogP contribution in [0.25, 0.3) is 0 Å². The molecular weight excluding hydrogens is 310 g/mol. The van der Waals surface area contributed by atoms with Crippen molar-refractivity contribution in [1.29, 1.82) is 0 Å². The van der Waals surface area contributed by atoms with E-state index in [1.54, 1.807) is 0 Å². The predicted molar refractivity (Wildman–Crippen MR) is 82.1 cm³/mol. The average molecular weight is 329 g/mol. The van der Waals surface area contributed by atoms with Crippen LogP contribution in [0.2, 0.25) is 5.02 Å². The molecule has 3 heteroatoms. The van der Waals surface area contributed by atoms with Crippen LogP contribution in [0.1, 0.15) is 44.2 Å². The van der Waals surface area contributed by atoms with Crippen molar-refractivity contribution in [2.45, 2.75) is 38.6 Å². The quantitative estimate of drug-likeness (QED) is 0.744. The highest BCUT2D eigenvalue weighted by Gasteiger charge is 2.19. The number of likely N-dealkylation sites (N-methyl/N-ethyl adjacent to an activating group) is 1. The summed E-state index contributed by atoms with van der Waals surface area (Å²) in [6.07, 6.45) is 7.38. The van der Waals surface area contributed by atoms with Crippen LogP contribution in [0.5, 0.6) is 0 Å². The molecule has 0 fully saturated rings.